The lowest BCUT2D eigenvalue weighted by molar-refractivity contribution is -0.252. The summed E-state index contributed by atoms with van der Waals surface area (Å²) < 4.78 is 32.1. The molecule has 0 spiro atoms. The van der Waals surface area contributed by atoms with Gasteiger partial charge in [-0.15, -0.1) is 6.58 Å². The Morgan fingerprint density at radius 1 is 0.935 bits per heavy atom. The molecule has 2 aliphatic carbocycles. The number of rotatable bonds is 19. The topological polar surface area (TPSA) is 141 Å². The summed E-state index contributed by atoms with van der Waals surface area (Å²) in [6.07, 6.45) is 8.97. The third-order valence-corrected chi connectivity index (χ3v) is 12.6. The van der Waals surface area contributed by atoms with Crippen molar-refractivity contribution < 1.29 is 43.5 Å². The molecule has 8 rings (SSSR count). The predicted octanol–water partition coefficient (Wildman–Crippen LogP) is 8.30. The number of hydrogen-bond donors (Lipinski definition) is 2. The molecule has 2 aliphatic heterocycles. The van der Waals surface area contributed by atoms with Gasteiger partial charge in [0, 0.05) is 49.4 Å². The summed E-state index contributed by atoms with van der Waals surface area (Å²) in [7, 11) is 1.79. The van der Waals surface area contributed by atoms with Crippen molar-refractivity contribution in [1.82, 2.24) is 9.88 Å². The highest BCUT2D eigenvalue weighted by Gasteiger charge is 2.65. The number of fused-ring (bicyclic) bond motifs is 3. The minimum absolute atomic E-state index is 0.0668. The molecule has 0 bridgehead atoms. The van der Waals surface area contributed by atoms with Crippen molar-refractivity contribution in [2.75, 3.05) is 33.7 Å². The highest BCUT2D eigenvalue weighted by atomic mass is 16.7. The van der Waals surface area contributed by atoms with E-state index in [2.05, 4.69) is 23.7 Å². The summed E-state index contributed by atoms with van der Waals surface area (Å²) in [5, 5.41) is 24.8. The SMILES string of the molecule is C=CCOC12Oc3ccc(OCc4cccc(C)n4)cc3C3C(CCCCO)C(CCCCO)C=C(C(=NOCc4ccccc4)CC1N(C)C(=O)c1ccc4c(c1)OCO4)C32. The van der Waals surface area contributed by atoms with Crippen LogP contribution >= 0.6 is 0 Å². The van der Waals surface area contributed by atoms with E-state index >= 15 is 0 Å². The van der Waals surface area contributed by atoms with E-state index in [-0.39, 0.29) is 63.3 Å². The lowest BCUT2D eigenvalue weighted by Gasteiger charge is -2.59. The minimum atomic E-state index is -1.39. The second kappa shape index (κ2) is 19.6. The van der Waals surface area contributed by atoms with Gasteiger partial charge in [0.15, 0.2) is 11.5 Å². The molecule has 12 nitrogen and oxygen atoms in total. The van der Waals surface area contributed by atoms with Crippen LogP contribution in [0.25, 0.3) is 0 Å². The molecule has 0 radical (unpaired) electrons. The minimum Gasteiger partial charge on any atom is -0.487 e. The second-order valence-electron chi connectivity index (χ2n) is 16.6. The standard InChI is InChI=1S/C50H57N3O9/c1-4-25-60-50-46(53(3)49(56)36-19-21-44-45(27-36)59-32-58-44)29-42(52-61-30-34-14-6-5-7-15-34)40-26-35(16-8-10-23-54)39(18-9-11-24-55)47(48(40)50)41-28-38(20-22-43(41)62-50)57-31-37-17-12-13-33(2)51-37/h4-7,12-15,17,19-22,26-28,35,39,46-48,54-55H,1,8-11,16,18,23-25,29-32H2,2-3H3. The highest BCUT2D eigenvalue weighted by molar-refractivity contribution is 6.03. The number of amides is 1. The van der Waals surface area contributed by atoms with Crippen LogP contribution in [0.2, 0.25) is 0 Å². The summed E-state index contributed by atoms with van der Waals surface area (Å²) in [5.41, 5.74) is 5.81. The molecule has 1 fully saturated rings. The third kappa shape index (κ3) is 8.95. The van der Waals surface area contributed by atoms with Gasteiger partial charge in [-0.3, -0.25) is 9.78 Å². The van der Waals surface area contributed by atoms with Crippen LogP contribution in [-0.2, 0) is 22.8 Å². The van der Waals surface area contributed by atoms with Gasteiger partial charge in [-0.1, -0.05) is 66.5 Å². The molecule has 62 heavy (non-hydrogen) atoms. The van der Waals surface area contributed by atoms with Gasteiger partial charge in [0.05, 0.1) is 23.9 Å². The molecule has 326 valence electrons. The van der Waals surface area contributed by atoms with Crippen molar-refractivity contribution in [2.24, 2.45) is 22.9 Å². The number of likely N-dealkylation sites (N-methyl/N-ethyl adjacent to an activating group) is 1. The van der Waals surface area contributed by atoms with Crippen LogP contribution in [0.4, 0.5) is 0 Å². The van der Waals surface area contributed by atoms with Crippen molar-refractivity contribution in [3.8, 4) is 23.0 Å². The normalized spacial score (nSPS) is 23.7. The van der Waals surface area contributed by atoms with E-state index in [0.29, 0.717) is 48.0 Å². The number of hydrogen-bond acceptors (Lipinski definition) is 11. The van der Waals surface area contributed by atoms with Crippen LogP contribution in [0.5, 0.6) is 23.0 Å². The van der Waals surface area contributed by atoms with Crippen LogP contribution < -0.4 is 18.9 Å². The molecule has 3 heterocycles. The Morgan fingerprint density at radius 2 is 1.73 bits per heavy atom. The van der Waals surface area contributed by atoms with E-state index in [4.69, 9.17) is 33.7 Å². The summed E-state index contributed by atoms with van der Waals surface area (Å²) in [5.74, 6) is 0.287. The van der Waals surface area contributed by atoms with Crippen LogP contribution in [-0.4, -0.2) is 77.2 Å². The quantitative estimate of drug-likeness (QED) is 0.0538. The van der Waals surface area contributed by atoms with Crippen LogP contribution in [0.15, 0.2) is 114 Å². The molecule has 0 saturated heterocycles. The number of benzene rings is 3. The van der Waals surface area contributed by atoms with Crippen molar-refractivity contribution >= 4 is 11.6 Å². The van der Waals surface area contributed by atoms with Gasteiger partial charge in [-0.05, 0) is 104 Å². The Labute approximate surface area is 363 Å². The highest BCUT2D eigenvalue weighted by Crippen LogP contribution is 2.62. The molecule has 4 aromatic rings. The number of allylic oxidation sites excluding steroid dienone is 1. The van der Waals surface area contributed by atoms with Gasteiger partial charge in [0.2, 0.25) is 12.6 Å². The fraction of sp³-hybridized carbons (Fsp3) is 0.420. The van der Waals surface area contributed by atoms with Crippen molar-refractivity contribution in [2.45, 2.75) is 82.8 Å². The van der Waals surface area contributed by atoms with E-state index in [1.165, 1.54) is 0 Å². The Morgan fingerprint density at radius 3 is 2.52 bits per heavy atom. The molecule has 2 N–H and O–H groups in total. The molecule has 6 atom stereocenters. The molecule has 3 aromatic carbocycles. The molecule has 12 heteroatoms. The summed E-state index contributed by atoms with van der Waals surface area (Å²) in [6.45, 7) is 7.01. The van der Waals surface area contributed by atoms with Gasteiger partial charge in [0.1, 0.15) is 30.8 Å². The number of oxime groups is 1. The van der Waals surface area contributed by atoms with Gasteiger partial charge >= 0.3 is 0 Å². The molecule has 6 unspecified atom stereocenters. The molecular formula is C50H57N3O9. The lowest BCUT2D eigenvalue weighted by atomic mass is 9.55. The molecule has 1 amide bonds. The number of aliphatic hydroxyl groups is 2. The van der Waals surface area contributed by atoms with Gasteiger partial charge in [-0.2, -0.15) is 0 Å². The monoisotopic (exact) mass is 843 g/mol. The fourth-order valence-corrected chi connectivity index (χ4v) is 9.79. The Hall–Kier alpha value is -5.69. The summed E-state index contributed by atoms with van der Waals surface area (Å²) in [4.78, 5) is 27.4. The molecule has 1 saturated carbocycles. The number of aliphatic hydroxyl groups excluding tert-OH is 2. The van der Waals surface area contributed by atoms with Crippen molar-refractivity contribution in [3.63, 3.8) is 0 Å². The van der Waals surface area contributed by atoms with E-state index < -0.39 is 17.7 Å². The molecule has 1 aromatic heterocycles. The van der Waals surface area contributed by atoms with Crippen LogP contribution in [0, 0.1) is 24.7 Å². The Balaban J connectivity index is 1.28. The first-order chi connectivity index (χ1) is 30.3. The fourth-order valence-electron chi connectivity index (χ4n) is 9.79. The number of pyridine rings is 1. The average molecular weight is 844 g/mol. The summed E-state index contributed by atoms with van der Waals surface area (Å²) >= 11 is 0. The van der Waals surface area contributed by atoms with Crippen molar-refractivity contribution in [1.29, 1.82) is 0 Å². The largest absolute Gasteiger partial charge is 0.487 e. The van der Waals surface area contributed by atoms with E-state index in [1.54, 1.807) is 36.2 Å². The number of carbonyl (C=O) groups excluding carboxylic acids is 1. The molecule has 4 aliphatic rings. The van der Waals surface area contributed by atoms with Crippen molar-refractivity contribution in [3.05, 3.63) is 137 Å². The second-order valence-corrected chi connectivity index (χ2v) is 16.6. The third-order valence-electron chi connectivity index (χ3n) is 12.6. The zero-order valence-electron chi connectivity index (χ0n) is 35.6. The lowest BCUT2D eigenvalue weighted by Crippen LogP contribution is -2.69. The zero-order valence-corrected chi connectivity index (χ0v) is 35.6. The Kier molecular flexibility index (Phi) is 13.6. The van der Waals surface area contributed by atoms with E-state index in [1.807, 2.05) is 67.6 Å². The van der Waals surface area contributed by atoms with E-state index in [9.17, 15) is 15.0 Å². The van der Waals surface area contributed by atoms with Gasteiger partial charge < -0.3 is 43.6 Å². The van der Waals surface area contributed by atoms with Gasteiger partial charge in [0.25, 0.3) is 5.91 Å². The van der Waals surface area contributed by atoms with Crippen LogP contribution in [0.3, 0.4) is 0 Å². The number of ether oxygens (including phenoxy) is 5. The first-order valence-corrected chi connectivity index (χ1v) is 21.8. The predicted molar refractivity (Wildman–Crippen MR) is 234 cm³/mol. The number of carbonyl (C=O) groups is 1. The number of aromatic nitrogens is 1. The first kappa shape index (κ1) is 43.0. The maximum Gasteiger partial charge on any atom is 0.254 e. The van der Waals surface area contributed by atoms with Crippen LogP contribution in [0.1, 0.15) is 83.7 Å². The zero-order chi connectivity index (χ0) is 43.1. The maximum atomic E-state index is 14.8. The number of aryl methyl sites for hydroxylation is 1. The summed E-state index contributed by atoms with van der Waals surface area (Å²) in [6, 6.07) is 26.3. The smallest absolute Gasteiger partial charge is 0.254 e. The molecular weight excluding hydrogens is 787 g/mol. The first-order valence-electron chi connectivity index (χ1n) is 21.8. The van der Waals surface area contributed by atoms with E-state index in [0.717, 1.165) is 59.5 Å². The van der Waals surface area contributed by atoms with Gasteiger partial charge in [-0.25, -0.2) is 0 Å². The maximum absolute atomic E-state index is 14.8. The Bertz CT molecular complexity index is 2260. The average Bonchev–Trinajstić information content (AvgIpc) is 3.77. The number of nitrogens with zero attached hydrogens (tertiary/aromatic N) is 3. The number of unbranched alkanes of at least 4 members (excludes halogenated alkanes) is 2.